The van der Waals surface area contributed by atoms with Crippen LogP contribution < -0.4 is 20.2 Å². The fraction of sp³-hybridized carbons (Fsp3) is 0.0833. The molecule has 2 amide bonds. The highest BCUT2D eigenvalue weighted by Gasteiger charge is 2.14. The molecule has 0 heterocycles. The highest BCUT2D eigenvalue weighted by molar-refractivity contribution is 9.10. The van der Waals surface area contributed by atoms with Crippen molar-refractivity contribution in [1.82, 2.24) is 5.43 Å². The van der Waals surface area contributed by atoms with Gasteiger partial charge in [0.05, 0.1) is 18.4 Å². The molecule has 0 aliphatic carbocycles. The summed E-state index contributed by atoms with van der Waals surface area (Å²) in [6.07, 6.45) is 1.27. The number of carbonyl (C=O) groups is 3. The fourth-order valence-electron chi connectivity index (χ4n) is 2.66. The van der Waals surface area contributed by atoms with Crippen molar-refractivity contribution < 1.29 is 23.9 Å². The largest absolute Gasteiger partial charge is 0.494 e. The Kier molecular flexibility index (Phi) is 8.94. The van der Waals surface area contributed by atoms with Gasteiger partial charge in [0.15, 0.2) is 0 Å². The van der Waals surface area contributed by atoms with Crippen LogP contribution in [0.15, 0.2) is 80.8 Å². The van der Waals surface area contributed by atoms with Gasteiger partial charge in [-0.15, -0.1) is 0 Å². The van der Waals surface area contributed by atoms with Crippen LogP contribution in [-0.4, -0.2) is 30.6 Å². The molecule has 8 nitrogen and oxygen atoms in total. The van der Waals surface area contributed by atoms with Gasteiger partial charge < -0.3 is 14.8 Å². The van der Waals surface area contributed by atoms with Gasteiger partial charge in [-0.25, -0.2) is 10.2 Å². The van der Waals surface area contributed by atoms with E-state index in [4.69, 9.17) is 9.47 Å². The predicted octanol–water partition coefficient (Wildman–Crippen LogP) is 4.92. The zero-order chi connectivity index (χ0) is 24.5. The number of ether oxygens (including phenoxy) is 2. The summed E-state index contributed by atoms with van der Waals surface area (Å²) in [7, 11) is 0. The van der Waals surface area contributed by atoms with E-state index in [2.05, 4.69) is 47.7 Å². The summed E-state index contributed by atoms with van der Waals surface area (Å²) in [4.78, 5) is 36.6. The molecule has 0 fully saturated rings. The molecule has 10 heteroatoms. The molecule has 3 rings (SSSR count). The molecule has 0 aliphatic rings. The van der Waals surface area contributed by atoms with E-state index in [1.54, 1.807) is 66.7 Å². The highest BCUT2D eigenvalue weighted by atomic mass is 79.9. The Morgan fingerprint density at radius 1 is 0.912 bits per heavy atom. The molecule has 0 unspecified atom stereocenters. The van der Waals surface area contributed by atoms with Gasteiger partial charge in [-0.2, -0.15) is 5.10 Å². The lowest BCUT2D eigenvalue weighted by Crippen LogP contribution is -2.32. The molecule has 174 valence electrons. The van der Waals surface area contributed by atoms with Crippen LogP contribution in [0.5, 0.6) is 11.5 Å². The number of hydrogen-bond acceptors (Lipinski definition) is 6. The SMILES string of the molecule is CCOc1ccc(C(=O)Oc2ccc(Br)cc2/C=N\NC(=O)C(=O)Nc2ccc(Br)cc2)cc1. The van der Waals surface area contributed by atoms with Gasteiger partial charge in [0, 0.05) is 20.2 Å². The van der Waals surface area contributed by atoms with Crippen molar-refractivity contribution >= 4 is 61.5 Å². The quantitative estimate of drug-likeness (QED) is 0.134. The summed E-state index contributed by atoms with van der Waals surface area (Å²) in [5.41, 5.74) is 3.36. The minimum absolute atomic E-state index is 0.222. The van der Waals surface area contributed by atoms with Crippen LogP contribution in [-0.2, 0) is 9.59 Å². The van der Waals surface area contributed by atoms with Crippen LogP contribution in [0.2, 0.25) is 0 Å². The summed E-state index contributed by atoms with van der Waals surface area (Å²) >= 11 is 6.64. The van der Waals surface area contributed by atoms with Crippen LogP contribution in [0.25, 0.3) is 0 Å². The van der Waals surface area contributed by atoms with Gasteiger partial charge in [0.2, 0.25) is 0 Å². The van der Waals surface area contributed by atoms with Crippen molar-refractivity contribution in [2.24, 2.45) is 5.10 Å². The zero-order valence-corrected chi connectivity index (χ0v) is 21.1. The Balaban J connectivity index is 1.64. The van der Waals surface area contributed by atoms with Crippen molar-refractivity contribution in [3.8, 4) is 11.5 Å². The van der Waals surface area contributed by atoms with Gasteiger partial charge in [0.1, 0.15) is 11.5 Å². The molecule has 0 radical (unpaired) electrons. The normalized spacial score (nSPS) is 10.6. The van der Waals surface area contributed by atoms with Gasteiger partial charge in [-0.05, 0) is 73.7 Å². The van der Waals surface area contributed by atoms with Crippen molar-refractivity contribution in [3.05, 3.63) is 86.8 Å². The molecule has 0 aliphatic heterocycles. The lowest BCUT2D eigenvalue weighted by Gasteiger charge is -2.09. The number of hydrazone groups is 1. The molecule has 0 atom stereocenters. The molecule has 0 saturated heterocycles. The zero-order valence-electron chi connectivity index (χ0n) is 17.9. The predicted molar refractivity (Wildman–Crippen MR) is 135 cm³/mol. The maximum Gasteiger partial charge on any atom is 0.343 e. The Morgan fingerprint density at radius 2 is 1.59 bits per heavy atom. The average molecular weight is 589 g/mol. The number of anilines is 1. The first-order valence-electron chi connectivity index (χ1n) is 10.00. The van der Waals surface area contributed by atoms with E-state index in [0.717, 1.165) is 4.47 Å². The number of nitrogens with one attached hydrogen (secondary N) is 2. The number of hydrogen-bond donors (Lipinski definition) is 2. The van der Waals surface area contributed by atoms with Gasteiger partial charge in [0.25, 0.3) is 0 Å². The molecule has 0 saturated carbocycles. The lowest BCUT2D eigenvalue weighted by atomic mass is 10.2. The summed E-state index contributed by atoms with van der Waals surface area (Å²) in [6.45, 7) is 2.39. The lowest BCUT2D eigenvalue weighted by molar-refractivity contribution is -0.136. The monoisotopic (exact) mass is 587 g/mol. The van der Waals surface area contributed by atoms with Crippen LogP contribution in [0.3, 0.4) is 0 Å². The van der Waals surface area contributed by atoms with E-state index in [9.17, 15) is 14.4 Å². The minimum atomic E-state index is -0.956. The van der Waals surface area contributed by atoms with Gasteiger partial charge in [-0.1, -0.05) is 31.9 Å². The summed E-state index contributed by atoms with van der Waals surface area (Å²) in [5, 5.41) is 6.27. The number of esters is 1. The number of carbonyl (C=O) groups excluding carboxylic acids is 3. The van der Waals surface area contributed by atoms with E-state index >= 15 is 0 Å². The van der Waals surface area contributed by atoms with E-state index in [0.29, 0.717) is 33.6 Å². The molecule has 0 spiro atoms. The second-order valence-corrected chi connectivity index (χ2v) is 8.52. The number of halogens is 2. The number of nitrogens with zero attached hydrogens (tertiary/aromatic N) is 1. The molecule has 0 aromatic heterocycles. The van der Waals surface area contributed by atoms with E-state index in [1.165, 1.54) is 6.21 Å². The van der Waals surface area contributed by atoms with Crippen LogP contribution in [0, 0.1) is 0 Å². The number of amides is 2. The first-order valence-corrected chi connectivity index (χ1v) is 11.6. The number of benzene rings is 3. The molecule has 2 N–H and O–H groups in total. The Hall–Kier alpha value is -3.50. The average Bonchev–Trinajstić information content (AvgIpc) is 2.82. The molecular formula is C24H19Br2N3O5. The second-order valence-electron chi connectivity index (χ2n) is 6.69. The fourth-order valence-corrected chi connectivity index (χ4v) is 3.30. The van der Waals surface area contributed by atoms with Crippen molar-refractivity contribution in [2.75, 3.05) is 11.9 Å². The van der Waals surface area contributed by atoms with E-state index < -0.39 is 17.8 Å². The Morgan fingerprint density at radius 3 is 2.26 bits per heavy atom. The first kappa shape index (κ1) is 25.1. The Labute approximate surface area is 212 Å². The highest BCUT2D eigenvalue weighted by Crippen LogP contribution is 2.23. The summed E-state index contributed by atoms with van der Waals surface area (Å²) in [6, 6.07) is 18.2. The van der Waals surface area contributed by atoms with Crippen molar-refractivity contribution in [2.45, 2.75) is 6.92 Å². The maximum absolute atomic E-state index is 12.5. The Bertz CT molecular complexity index is 1210. The molecular weight excluding hydrogens is 570 g/mol. The topological polar surface area (TPSA) is 106 Å². The van der Waals surface area contributed by atoms with Crippen LogP contribution in [0.1, 0.15) is 22.8 Å². The summed E-state index contributed by atoms with van der Waals surface area (Å²) in [5.74, 6) is -1.54. The molecule has 3 aromatic rings. The molecule has 0 bridgehead atoms. The molecule has 34 heavy (non-hydrogen) atoms. The standard InChI is InChI=1S/C24H19Br2N3O5/c1-2-33-20-10-3-15(4-11-20)24(32)34-21-12-7-18(26)13-16(21)14-27-29-23(31)22(30)28-19-8-5-17(25)6-9-19/h3-14H,2H2,1H3,(H,28,30)(H,29,31)/b27-14-. The van der Waals surface area contributed by atoms with Crippen LogP contribution >= 0.6 is 31.9 Å². The third-order valence-electron chi connectivity index (χ3n) is 4.25. The van der Waals surface area contributed by atoms with Crippen LogP contribution in [0.4, 0.5) is 5.69 Å². The number of rotatable bonds is 7. The third kappa shape index (κ3) is 7.26. The van der Waals surface area contributed by atoms with E-state index in [1.807, 2.05) is 6.92 Å². The van der Waals surface area contributed by atoms with E-state index in [-0.39, 0.29) is 5.75 Å². The minimum Gasteiger partial charge on any atom is -0.494 e. The third-order valence-corrected chi connectivity index (χ3v) is 5.28. The molecule has 3 aromatic carbocycles. The second kappa shape index (κ2) is 12.1. The summed E-state index contributed by atoms with van der Waals surface area (Å²) < 4.78 is 12.4. The first-order chi connectivity index (χ1) is 16.4. The van der Waals surface area contributed by atoms with Gasteiger partial charge >= 0.3 is 17.8 Å². The van der Waals surface area contributed by atoms with Crippen molar-refractivity contribution in [1.29, 1.82) is 0 Å². The van der Waals surface area contributed by atoms with Gasteiger partial charge in [-0.3, -0.25) is 9.59 Å². The van der Waals surface area contributed by atoms with Crippen molar-refractivity contribution in [3.63, 3.8) is 0 Å². The maximum atomic E-state index is 12.5. The smallest absolute Gasteiger partial charge is 0.343 e.